The molecule has 114 valence electrons. The molecular weight excluding hydrogens is 327 g/mol. The van der Waals surface area contributed by atoms with Gasteiger partial charge in [-0.3, -0.25) is 0 Å². The second-order valence-electron chi connectivity index (χ2n) is 5.00. The van der Waals surface area contributed by atoms with Gasteiger partial charge in [-0.2, -0.15) is 0 Å². The van der Waals surface area contributed by atoms with E-state index in [1.807, 2.05) is 78.9 Å². The first kappa shape index (κ1) is 15.6. The van der Waals surface area contributed by atoms with Gasteiger partial charge in [-0.15, -0.1) is 0 Å². The molecule has 3 rings (SSSR count). The van der Waals surface area contributed by atoms with E-state index in [-0.39, 0.29) is 0 Å². The third-order valence-electron chi connectivity index (χ3n) is 3.29. The van der Waals surface area contributed by atoms with E-state index in [9.17, 15) is 0 Å². The molecule has 0 saturated carbocycles. The lowest BCUT2D eigenvalue weighted by Crippen LogP contribution is -2.68. The molecule has 23 heavy (non-hydrogen) atoms. The summed E-state index contributed by atoms with van der Waals surface area (Å²) >= 11 is 11.9. The first-order valence-corrected chi connectivity index (χ1v) is 7.94. The standard InChI is InChI=1S/C19H14Cl2N2/c20-15-6-10-17(11-7-15)22-19(14-4-2-1-3-5-14)23-18-12-8-16(21)9-13-18/h1-13H,(H,22,23)/p+1. The molecule has 2 N–H and O–H groups in total. The molecule has 3 aromatic rings. The lowest BCUT2D eigenvalue weighted by Gasteiger charge is -2.04. The van der Waals surface area contributed by atoms with Gasteiger partial charge in [-0.1, -0.05) is 41.4 Å². The van der Waals surface area contributed by atoms with Gasteiger partial charge < -0.3 is 0 Å². The van der Waals surface area contributed by atoms with Crippen molar-refractivity contribution in [1.29, 1.82) is 0 Å². The molecule has 0 amide bonds. The SMILES string of the molecule is Clc1ccc(NC(=[NH+]c2ccc(Cl)cc2)c2ccccc2)cc1. The molecule has 0 heterocycles. The van der Waals surface area contributed by atoms with Crippen molar-refractivity contribution in [3.63, 3.8) is 0 Å². The Balaban J connectivity index is 1.96. The second-order valence-corrected chi connectivity index (χ2v) is 5.88. The maximum absolute atomic E-state index is 5.95. The zero-order valence-corrected chi connectivity index (χ0v) is 13.8. The smallest absolute Gasteiger partial charge is 0.240 e. The summed E-state index contributed by atoms with van der Waals surface area (Å²) in [6.07, 6.45) is 0. The lowest BCUT2D eigenvalue weighted by atomic mass is 10.2. The summed E-state index contributed by atoms with van der Waals surface area (Å²) in [7, 11) is 0. The average Bonchev–Trinajstić information content (AvgIpc) is 2.59. The summed E-state index contributed by atoms with van der Waals surface area (Å²) in [4.78, 5) is 3.40. The number of halogens is 2. The van der Waals surface area contributed by atoms with E-state index in [4.69, 9.17) is 23.2 Å². The number of anilines is 1. The van der Waals surface area contributed by atoms with Gasteiger partial charge in [-0.05, 0) is 60.7 Å². The molecule has 3 aromatic carbocycles. The van der Waals surface area contributed by atoms with Crippen LogP contribution in [-0.4, -0.2) is 5.84 Å². The molecule has 0 radical (unpaired) electrons. The largest absolute Gasteiger partial charge is 0.285 e. The van der Waals surface area contributed by atoms with E-state index in [2.05, 4.69) is 10.3 Å². The minimum Gasteiger partial charge on any atom is -0.240 e. The molecular formula is C19H15Cl2N2+. The van der Waals surface area contributed by atoms with Gasteiger partial charge in [0.2, 0.25) is 0 Å². The Morgan fingerprint density at radius 3 is 1.87 bits per heavy atom. The molecule has 0 spiro atoms. The van der Waals surface area contributed by atoms with E-state index in [1.54, 1.807) is 0 Å². The molecule has 0 saturated heterocycles. The van der Waals surface area contributed by atoms with Crippen LogP contribution in [0.25, 0.3) is 0 Å². The highest BCUT2D eigenvalue weighted by Crippen LogP contribution is 2.14. The number of benzene rings is 3. The average molecular weight is 342 g/mol. The number of rotatable bonds is 3. The van der Waals surface area contributed by atoms with Crippen molar-refractivity contribution in [2.24, 2.45) is 0 Å². The van der Waals surface area contributed by atoms with Crippen molar-refractivity contribution in [1.82, 2.24) is 0 Å². The summed E-state index contributed by atoms with van der Waals surface area (Å²) in [6, 6.07) is 25.3. The number of hydrogen-bond donors (Lipinski definition) is 2. The molecule has 0 aliphatic carbocycles. The highest BCUT2D eigenvalue weighted by atomic mass is 35.5. The summed E-state index contributed by atoms with van der Waals surface area (Å²) in [5.41, 5.74) is 2.96. The van der Waals surface area contributed by atoms with Crippen molar-refractivity contribution in [3.8, 4) is 0 Å². The molecule has 0 bridgehead atoms. The Bertz CT molecular complexity index is 795. The Kier molecular flexibility index (Phi) is 4.96. The van der Waals surface area contributed by atoms with Gasteiger partial charge in [0, 0.05) is 10.0 Å². The maximum Gasteiger partial charge on any atom is 0.285 e. The van der Waals surface area contributed by atoms with Crippen LogP contribution in [-0.2, 0) is 0 Å². The fraction of sp³-hybridized carbons (Fsp3) is 0. The quantitative estimate of drug-likeness (QED) is 0.540. The topological polar surface area (TPSA) is 26.0 Å². The fourth-order valence-corrected chi connectivity index (χ4v) is 2.39. The van der Waals surface area contributed by atoms with Crippen molar-refractivity contribution in [3.05, 3.63) is 94.5 Å². The predicted molar refractivity (Wildman–Crippen MR) is 97.7 cm³/mol. The van der Waals surface area contributed by atoms with Crippen molar-refractivity contribution < 1.29 is 4.99 Å². The van der Waals surface area contributed by atoms with Crippen LogP contribution >= 0.6 is 23.2 Å². The molecule has 0 fully saturated rings. The third kappa shape index (κ3) is 4.35. The normalized spacial score (nSPS) is 11.3. The Morgan fingerprint density at radius 1 is 0.696 bits per heavy atom. The molecule has 2 nitrogen and oxygen atoms in total. The Hall–Kier alpha value is -2.29. The molecule has 0 unspecified atom stereocenters. The highest BCUT2D eigenvalue weighted by molar-refractivity contribution is 6.30. The van der Waals surface area contributed by atoms with E-state index < -0.39 is 0 Å². The fourth-order valence-electron chi connectivity index (χ4n) is 2.14. The Labute approximate surface area is 145 Å². The van der Waals surface area contributed by atoms with Gasteiger partial charge in [-0.25, -0.2) is 10.3 Å². The van der Waals surface area contributed by atoms with Crippen LogP contribution in [0.2, 0.25) is 10.0 Å². The van der Waals surface area contributed by atoms with Gasteiger partial charge in [0.15, 0.2) is 0 Å². The molecule has 4 heteroatoms. The zero-order chi connectivity index (χ0) is 16.1. The third-order valence-corrected chi connectivity index (χ3v) is 3.79. The van der Waals surface area contributed by atoms with E-state index in [0.29, 0.717) is 10.0 Å². The van der Waals surface area contributed by atoms with Crippen LogP contribution in [0.1, 0.15) is 5.56 Å². The zero-order valence-electron chi connectivity index (χ0n) is 12.3. The van der Waals surface area contributed by atoms with Gasteiger partial charge >= 0.3 is 0 Å². The monoisotopic (exact) mass is 341 g/mol. The molecule has 0 aromatic heterocycles. The van der Waals surface area contributed by atoms with Crippen LogP contribution < -0.4 is 10.3 Å². The number of amidine groups is 1. The van der Waals surface area contributed by atoms with Crippen molar-refractivity contribution in [2.75, 3.05) is 5.32 Å². The Morgan fingerprint density at radius 2 is 1.26 bits per heavy atom. The predicted octanol–water partition coefficient (Wildman–Crippen LogP) is 4.26. The summed E-state index contributed by atoms with van der Waals surface area (Å²) < 4.78 is 0. The van der Waals surface area contributed by atoms with E-state index in [0.717, 1.165) is 22.8 Å². The highest BCUT2D eigenvalue weighted by Gasteiger charge is 2.11. The van der Waals surface area contributed by atoms with Crippen LogP contribution in [0.5, 0.6) is 0 Å². The minimum absolute atomic E-state index is 0.711. The van der Waals surface area contributed by atoms with Crippen molar-refractivity contribution in [2.45, 2.75) is 0 Å². The van der Waals surface area contributed by atoms with Crippen LogP contribution in [0, 0.1) is 0 Å². The maximum atomic E-state index is 5.95. The van der Waals surface area contributed by atoms with Crippen molar-refractivity contribution >= 4 is 40.4 Å². The van der Waals surface area contributed by atoms with Gasteiger partial charge in [0.25, 0.3) is 5.84 Å². The molecule has 0 atom stereocenters. The number of hydrogen-bond acceptors (Lipinski definition) is 0. The minimum atomic E-state index is 0.711. The first-order valence-electron chi connectivity index (χ1n) is 7.18. The van der Waals surface area contributed by atoms with E-state index >= 15 is 0 Å². The van der Waals surface area contributed by atoms with Crippen LogP contribution in [0.4, 0.5) is 11.4 Å². The van der Waals surface area contributed by atoms with Gasteiger partial charge in [0.05, 0.1) is 5.56 Å². The van der Waals surface area contributed by atoms with Crippen LogP contribution in [0.3, 0.4) is 0 Å². The molecule has 0 aliphatic rings. The second kappa shape index (κ2) is 7.32. The van der Waals surface area contributed by atoms with Crippen LogP contribution in [0.15, 0.2) is 78.9 Å². The van der Waals surface area contributed by atoms with Gasteiger partial charge in [0.1, 0.15) is 11.4 Å². The lowest BCUT2D eigenvalue weighted by molar-refractivity contribution is -0.352. The summed E-state index contributed by atoms with van der Waals surface area (Å²) in [6.45, 7) is 0. The first-order chi connectivity index (χ1) is 11.2. The molecule has 0 aliphatic heterocycles. The summed E-state index contributed by atoms with van der Waals surface area (Å²) in [5, 5.41) is 4.82. The van der Waals surface area contributed by atoms with E-state index in [1.165, 1.54) is 0 Å². The number of nitrogens with one attached hydrogen (secondary N) is 2. The summed E-state index contributed by atoms with van der Waals surface area (Å²) in [5.74, 6) is 0.884.